The summed E-state index contributed by atoms with van der Waals surface area (Å²) in [6.45, 7) is 2.42. The van der Waals surface area contributed by atoms with Crippen LogP contribution >= 0.6 is 0 Å². The van der Waals surface area contributed by atoms with Gasteiger partial charge in [0.1, 0.15) is 11.4 Å². The molecule has 0 atom stereocenters. The van der Waals surface area contributed by atoms with Crippen LogP contribution in [0.3, 0.4) is 0 Å². The van der Waals surface area contributed by atoms with E-state index in [2.05, 4.69) is 15.2 Å². The number of nitro benzene ring substituents is 1. The molecule has 0 spiro atoms. The number of amides is 1. The Kier molecular flexibility index (Phi) is 5.81. The molecule has 2 heterocycles. The summed E-state index contributed by atoms with van der Waals surface area (Å²) in [6.07, 6.45) is 1.61. The van der Waals surface area contributed by atoms with E-state index in [-0.39, 0.29) is 17.3 Å². The zero-order chi connectivity index (χ0) is 22.0. The summed E-state index contributed by atoms with van der Waals surface area (Å²) in [7, 11) is 0. The van der Waals surface area contributed by atoms with Gasteiger partial charge < -0.3 is 15.2 Å². The van der Waals surface area contributed by atoms with Crippen molar-refractivity contribution in [2.45, 2.75) is 18.9 Å². The van der Waals surface area contributed by atoms with E-state index in [1.807, 2.05) is 28.8 Å². The van der Waals surface area contributed by atoms with Gasteiger partial charge in [-0.15, -0.1) is 0 Å². The molecule has 2 N–H and O–H groups in total. The molecule has 0 saturated carbocycles. The van der Waals surface area contributed by atoms with Crippen molar-refractivity contribution in [2.75, 3.05) is 26.2 Å². The highest BCUT2D eigenvalue weighted by Gasteiger charge is 2.24. The largest absolute Gasteiger partial charge is 0.351 e. The molecule has 1 saturated heterocycles. The van der Waals surface area contributed by atoms with Crippen LogP contribution in [-0.4, -0.2) is 51.5 Å². The summed E-state index contributed by atoms with van der Waals surface area (Å²) >= 11 is 0. The average molecular weight is 427 g/mol. The number of nitrogens with one attached hydrogen (secondary N) is 2. The van der Waals surface area contributed by atoms with E-state index in [1.54, 1.807) is 0 Å². The van der Waals surface area contributed by atoms with Gasteiger partial charge in [0.15, 0.2) is 0 Å². The third-order valence-electron chi connectivity index (χ3n) is 5.66. The van der Waals surface area contributed by atoms with Gasteiger partial charge in [0, 0.05) is 32.2 Å². The molecular formula is C21H22FN5O4. The van der Waals surface area contributed by atoms with E-state index in [9.17, 15) is 24.1 Å². The Hall–Kier alpha value is -3.53. The van der Waals surface area contributed by atoms with Gasteiger partial charge >= 0.3 is 5.69 Å². The minimum absolute atomic E-state index is 0.104. The summed E-state index contributed by atoms with van der Waals surface area (Å²) in [5.74, 6) is -1.37. The van der Waals surface area contributed by atoms with Gasteiger partial charge in [-0.1, -0.05) is 12.1 Å². The molecule has 2 aromatic carbocycles. The molecule has 9 nitrogen and oxygen atoms in total. The number of para-hydroxylation sites is 2. The van der Waals surface area contributed by atoms with Crippen LogP contribution in [0, 0.1) is 15.9 Å². The molecule has 31 heavy (non-hydrogen) atoms. The van der Waals surface area contributed by atoms with E-state index >= 15 is 0 Å². The number of piperidine rings is 1. The van der Waals surface area contributed by atoms with Crippen molar-refractivity contribution in [3.8, 4) is 0 Å². The Labute approximate surface area is 176 Å². The minimum Gasteiger partial charge on any atom is -0.351 e. The maximum Gasteiger partial charge on any atom is 0.326 e. The lowest BCUT2D eigenvalue weighted by molar-refractivity contribution is -0.385. The molecule has 10 heteroatoms. The fourth-order valence-electron chi connectivity index (χ4n) is 4.11. The van der Waals surface area contributed by atoms with E-state index in [1.165, 1.54) is 0 Å². The van der Waals surface area contributed by atoms with Crippen LogP contribution in [0.4, 0.5) is 10.1 Å². The van der Waals surface area contributed by atoms with E-state index in [0.717, 1.165) is 55.2 Å². The van der Waals surface area contributed by atoms with Gasteiger partial charge in [-0.05, 0) is 37.1 Å². The van der Waals surface area contributed by atoms with E-state index in [4.69, 9.17) is 0 Å². The molecule has 1 amide bonds. The molecule has 1 fully saturated rings. The number of aromatic amines is 1. The van der Waals surface area contributed by atoms with Gasteiger partial charge in [0.2, 0.25) is 0 Å². The SMILES string of the molecule is O=C(NCCN1CCC(n2c(=O)[nH]c3ccccc32)CC1)c1ccc(F)cc1[N+](=O)[O-]. The number of hydrogen-bond donors (Lipinski definition) is 2. The smallest absolute Gasteiger partial charge is 0.326 e. The third-order valence-corrected chi connectivity index (χ3v) is 5.66. The lowest BCUT2D eigenvalue weighted by Gasteiger charge is -2.32. The van der Waals surface area contributed by atoms with Crippen LogP contribution in [0.2, 0.25) is 0 Å². The van der Waals surface area contributed by atoms with Gasteiger partial charge in [-0.25, -0.2) is 9.18 Å². The third kappa shape index (κ3) is 4.33. The number of carbonyl (C=O) groups excluding carboxylic acids is 1. The molecule has 0 bridgehead atoms. The van der Waals surface area contributed by atoms with Crippen molar-refractivity contribution >= 4 is 22.6 Å². The number of H-pyrrole nitrogens is 1. The molecule has 4 rings (SSSR count). The Morgan fingerprint density at radius 1 is 1.23 bits per heavy atom. The molecular weight excluding hydrogens is 405 g/mol. The van der Waals surface area contributed by atoms with Crippen molar-refractivity contribution in [3.63, 3.8) is 0 Å². The summed E-state index contributed by atoms with van der Waals surface area (Å²) in [6, 6.07) is 10.6. The highest BCUT2D eigenvalue weighted by Crippen LogP contribution is 2.24. The van der Waals surface area contributed by atoms with Crippen molar-refractivity contribution in [3.05, 3.63) is 74.4 Å². The first kappa shape index (κ1) is 20.7. The Balaban J connectivity index is 1.31. The predicted octanol–water partition coefficient (Wildman–Crippen LogP) is 2.44. The number of aromatic nitrogens is 2. The van der Waals surface area contributed by atoms with Crippen LogP contribution in [-0.2, 0) is 0 Å². The van der Waals surface area contributed by atoms with Crippen LogP contribution in [0.1, 0.15) is 29.2 Å². The molecule has 0 radical (unpaired) electrons. The molecule has 0 unspecified atom stereocenters. The van der Waals surface area contributed by atoms with Gasteiger partial charge in [0.05, 0.1) is 22.0 Å². The molecule has 1 aromatic heterocycles. The van der Waals surface area contributed by atoms with Crippen LogP contribution in [0.15, 0.2) is 47.3 Å². The van der Waals surface area contributed by atoms with E-state index in [0.29, 0.717) is 13.1 Å². The summed E-state index contributed by atoms with van der Waals surface area (Å²) in [5, 5.41) is 13.7. The zero-order valence-electron chi connectivity index (χ0n) is 16.7. The first-order valence-corrected chi connectivity index (χ1v) is 10.1. The number of carbonyl (C=O) groups is 1. The standard InChI is InChI=1S/C21H22FN5O4/c22-14-5-6-16(19(13-14)27(30)31)20(28)23-9-12-25-10-7-15(8-11-25)26-18-4-2-1-3-17(18)24-21(26)29/h1-6,13,15H,7-12H2,(H,23,28)(H,24,29). The van der Waals surface area contributed by atoms with Gasteiger partial charge in [-0.3, -0.25) is 19.5 Å². The number of fused-ring (bicyclic) bond motifs is 1. The first-order chi connectivity index (χ1) is 14.9. The molecule has 1 aliphatic rings. The average Bonchev–Trinajstić information content (AvgIpc) is 3.09. The van der Waals surface area contributed by atoms with Gasteiger partial charge in [-0.2, -0.15) is 0 Å². The number of nitrogens with zero attached hydrogens (tertiary/aromatic N) is 3. The van der Waals surface area contributed by atoms with Crippen LogP contribution in [0.25, 0.3) is 11.0 Å². The lowest BCUT2D eigenvalue weighted by atomic mass is 10.0. The Morgan fingerprint density at radius 2 is 1.97 bits per heavy atom. The molecule has 0 aliphatic carbocycles. The number of nitro groups is 1. The quantitative estimate of drug-likeness (QED) is 0.463. The second kappa shape index (κ2) is 8.68. The highest BCUT2D eigenvalue weighted by atomic mass is 19.1. The van der Waals surface area contributed by atoms with Crippen LogP contribution in [0.5, 0.6) is 0 Å². The molecule has 1 aliphatic heterocycles. The zero-order valence-corrected chi connectivity index (χ0v) is 16.7. The summed E-state index contributed by atoms with van der Waals surface area (Å²) in [5.41, 5.74) is 0.908. The number of imidazole rings is 1. The second-order valence-electron chi connectivity index (χ2n) is 7.56. The minimum atomic E-state index is -0.768. The summed E-state index contributed by atoms with van der Waals surface area (Å²) < 4.78 is 15.1. The highest BCUT2D eigenvalue weighted by molar-refractivity contribution is 5.98. The molecule has 162 valence electrons. The molecule has 3 aromatic rings. The number of halogens is 1. The maximum absolute atomic E-state index is 13.2. The Morgan fingerprint density at radius 3 is 2.71 bits per heavy atom. The number of rotatable bonds is 6. The van der Waals surface area contributed by atoms with Crippen molar-refractivity contribution in [1.82, 2.24) is 19.8 Å². The van der Waals surface area contributed by atoms with Gasteiger partial charge in [0.25, 0.3) is 11.6 Å². The first-order valence-electron chi connectivity index (χ1n) is 10.1. The predicted molar refractivity (Wildman–Crippen MR) is 113 cm³/mol. The normalized spacial score (nSPS) is 15.3. The Bertz CT molecular complexity index is 1180. The number of hydrogen-bond acceptors (Lipinski definition) is 5. The van der Waals surface area contributed by atoms with Crippen molar-refractivity contribution in [2.24, 2.45) is 0 Å². The monoisotopic (exact) mass is 427 g/mol. The maximum atomic E-state index is 13.2. The van der Waals surface area contributed by atoms with Crippen molar-refractivity contribution in [1.29, 1.82) is 0 Å². The summed E-state index contributed by atoms with van der Waals surface area (Å²) in [4.78, 5) is 40.0. The van der Waals surface area contributed by atoms with Crippen LogP contribution < -0.4 is 11.0 Å². The van der Waals surface area contributed by atoms with Crippen molar-refractivity contribution < 1.29 is 14.1 Å². The lowest BCUT2D eigenvalue weighted by Crippen LogP contribution is -2.41. The van der Waals surface area contributed by atoms with E-state index < -0.39 is 22.3 Å². The number of likely N-dealkylation sites (tertiary alicyclic amines) is 1. The topological polar surface area (TPSA) is 113 Å². The fraction of sp³-hybridized carbons (Fsp3) is 0.333. The fourth-order valence-corrected chi connectivity index (χ4v) is 4.11. The second-order valence-corrected chi connectivity index (χ2v) is 7.56. The number of benzene rings is 2.